The van der Waals surface area contributed by atoms with Crippen LogP contribution in [-0.4, -0.2) is 16.1 Å². The summed E-state index contributed by atoms with van der Waals surface area (Å²) in [6.07, 6.45) is 3.53. The standard InChI is InChI=1S/C14H13ClN2O2/c1-9-4-5-16-7-10(9)8-17-11-2-3-13(15)12(6-11)14(18)19/h2-7,17H,8H2,1H3,(H,18,19). The summed E-state index contributed by atoms with van der Waals surface area (Å²) in [5, 5.41) is 12.4. The third-order valence-electron chi connectivity index (χ3n) is 2.83. The minimum Gasteiger partial charge on any atom is -0.478 e. The van der Waals surface area contributed by atoms with E-state index >= 15 is 0 Å². The van der Waals surface area contributed by atoms with Gasteiger partial charge in [-0.3, -0.25) is 4.98 Å². The summed E-state index contributed by atoms with van der Waals surface area (Å²) in [4.78, 5) is 15.0. The van der Waals surface area contributed by atoms with E-state index in [9.17, 15) is 4.79 Å². The van der Waals surface area contributed by atoms with Crippen LogP contribution in [0.15, 0.2) is 36.7 Å². The maximum Gasteiger partial charge on any atom is 0.337 e. The topological polar surface area (TPSA) is 62.2 Å². The number of hydrogen-bond donors (Lipinski definition) is 2. The molecule has 1 aromatic heterocycles. The molecule has 0 aliphatic carbocycles. The maximum atomic E-state index is 11.0. The van der Waals surface area contributed by atoms with Crippen molar-refractivity contribution < 1.29 is 9.90 Å². The number of benzene rings is 1. The quantitative estimate of drug-likeness (QED) is 0.899. The highest BCUT2D eigenvalue weighted by atomic mass is 35.5. The normalized spacial score (nSPS) is 10.2. The molecule has 0 spiro atoms. The lowest BCUT2D eigenvalue weighted by atomic mass is 10.1. The van der Waals surface area contributed by atoms with Gasteiger partial charge in [0.05, 0.1) is 10.6 Å². The Bertz CT molecular complexity index is 614. The van der Waals surface area contributed by atoms with Crippen LogP contribution in [0.4, 0.5) is 5.69 Å². The van der Waals surface area contributed by atoms with E-state index in [0.29, 0.717) is 12.2 Å². The van der Waals surface area contributed by atoms with Crippen LogP contribution in [0, 0.1) is 6.92 Å². The van der Waals surface area contributed by atoms with Crippen molar-refractivity contribution in [1.82, 2.24) is 4.98 Å². The molecule has 2 aromatic rings. The first-order chi connectivity index (χ1) is 9.08. The Kier molecular flexibility index (Phi) is 4.02. The minimum absolute atomic E-state index is 0.0922. The molecule has 1 heterocycles. The molecule has 1 aromatic carbocycles. The van der Waals surface area contributed by atoms with Gasteiger partial charge in [0.25, 0.3) is 0 Å². The minimum atomic E-state index is -1.04. The highest BCUT2D eigenvalue weighted by molar-refractivity contribution is 6.33. The van der Waals surface area contributed by atoms with Crippen LogP contribution in [0.5, 0.6) is 0 Å². The highest BCUT2D eigenvalue weighted by Crippen LogP contribution is 2.21. The molecule has 4 nitrogen and oxygen atoms in total. The van der Waals surface area contributed by atoms with Crippen LogP contribution in [0.25, 0.3) is 0 Å². The molecule has 0 aliphatic rings. The molecule has 98 valence electrons. The Labute approximate surface area is 116 Å². The molecule has 0 saturated carbocycles. The van der Waals surface area contributed by atoms with E-state index in [-0.39, 0.29) is 10.6 Å². The summed E-state index contributed by atoms with van der Waals surface area (Å²) < 4.78 is 0. The van der Waals surface area contributed by atoms with Crippen LogP contribution < -0.4 is 5.32 Å². The van der Waals surface area contributed by atoms with Gasteiger partial charge in [-0.1, -0.05) is 11.6 Å². The van der Waals surface area contributed by atoms with Gasteiger partial charge in [0.1, 0.15) is 0 Å². The average Bonchev–Trinajstić information content (AvgIpc) is 2.39. The summed E-state index contributed by atoms with van der Waals surface area (Å²) in [6, 6.07) is 6.78. The lowest BCUT2D eigenvalue weighted by molar-refractivity contribution is 0.0697. The Morgan fingerprint density at radius 1 is 1.42 bits per heavy atom. The van der Waals surface area contributed by atoms with E-state index in [1.54, 1.807) is 24.5 Å². The number of aryl methyl sites for hydroxylation is 1. The van der Waals surface area contributed by atoms with E-state index in [2.05, 4.69) is 10.3 Å². The van der Waals surface area contributed by atoms with Gasteiger partial charge in [-0.05, 0) is 42.3 Å². The number of aromatic carboxylic acids is 1. The summed E-state index contributed by atoms with van der Waals surface area (Å²) in [7, 11) is 0. The van der Waals surface area contributed by atoms with Crippen molar-refractivity contribution in [2.75, 3.05) is 5.32 Å². The largest absolute Gasteiger partial charge is 0.478 e. The zero-order valence-electron chi connectivity index (χ0n) is 10.4. The van der Waals surface area contributed by atoms with E-state index < -0.39 is 5.97 Å². The van der Waals surface area contributed by atoms with Gasteiger partial charge in [-0.15, -0.1) is 0 Å². The Morgan fingerprint density at radius 3 is 2.89 bits per heavy atom. The number of rotatable bonds is 4. The van der Waals surface area contributed by atoms with Crippen LogP contribution in [0.3, 0.4) is 0 Å². The van der Waals surface area contributed by atoms with Crippen molar-refractivity contribution in [3.8, 4) is 0 Å². The summed E-state index contributed by atoms with van der Waals surface area (Å²) in [6.45, 7) is 2.59. The molecule has 0 bridgehead atoms. The monoisotopic (exact) mass is 276 g/mol. The molecule has 0 fully saturated rings. The SMILES string of the molecule is Cc1ccncc1CNc1ccc(Cl)c(C(=O)O)c1. The van der Waals surface area contributed by atoms with Crippen LogP contribution in [-0.2, 0) is 6.54 Å². The first kappa shape index (κ1) is 13.4. The van der Waals surface area contributed by atoms with E-state index in [0.717, 1.165) is 11.1 Å². The van der Waals surface area contributed by atoms with Gasteiger partial charge in [0.2, 0.25) is 0 Å². The lowest BCUT2D eigenvalue weighted by Crippen LogP contribution is -2.04. The molecule has 0 unspecified atom stereocenters. The average molecular weight is 277 g/mol. The fourth-order valence-electron chi connectivity index (χ4n) is 1.68. The number of nitrogens with one attached hydrogen (secondary N) is 1. The van der Waals surface area contributed by atoms with Crippen LogP contribution in [0.2, 0.25) is 5.02 Å². The molecule has 0 amide bonds. The van der Waals surface area contributed by atoms with Crippen molar-refractivity contribution in [1.29, 1.82) is 0 Å². The molecular weight excluding hydrogens is 264 g/mol. The Hall–Kier alpha value is -2.07. The molecule has 0 saturated heterocycles. The number of carboxylic acid groups (broad SMARTS) is 1. The molecule has 19 heavy (non-hydrogen) atoms. The van der Waals surface area contributed by atoms with E-state index in [1.165, 1.54) is 6.07 Å². The van der Waals surface area contributed by atoms with Gasteiger partial charge in [0, 0.05) is 24.6 Å². The zero-order valence-corrected chi connectivity index (χ0v) is 11.1. The summed E-state index contributed by atoms with van der Waals surface area (Å²) in [5.41, 5.74) is 3.00. The van der Waals surface area contributed by atoms with Crippen molar-refractivity contribution in [2.24, 2.45) is 0 Å². The number of nitrogens with zero attached hydrogens (tertiary/aromatic N) is 1. The van der Waals surface area contributed by atoms with Gasteiger partial charge in [0.15, 0.2) is 0 Å². The van der Waals surface area contributed by atoms with Crippen LogP contribution in [0.1, 0.15) is 21.5 Å². The molecule has 2 N–H and O–H groups in total. The second kappa shape index (κ2) is 5.71. The van der Waals surface area contributed by atoms with E-state index in [4.69, 9.17) is 16.7 Å². The fourth-order valence-corrected chi connectivity index (χ4v) is 1.88. The van der Waals surface area contributed by atoms with Crippen molar-refractivity contribution in [3.63, 3.8) is 0 Å². The number of halogens is 1. The Morgan fingerprint density at radius 2 is 2.21 bits per heavy atom. The summed E-state index contributed by atoms with van der Waals surface area (Å²) in [5.74, 6) is -1.04. The van der Waals surface area contributed by atoms with Gasteiger partial charge in [-0.25, -0.2) is 4.79 Å². The van der Waals surface area contributed by atoms with Gasteiger partial charge >= 0.3 is 5.97 Å². The van der Waals surface area contributed by atoms with Crippen molar-refractivity contribution >= 4 is 23.3 Å². The highest BCUT2D eigenvalue weighted by Gasteiger charge is 2.09. The van der Waals surface area contributed by atoms with Crippen LogP contribution >= 0.6 is 11.6 Å². The Balaban J connectivity index is 2.14. The number of pyridine rings is 1. The molecule has 0 atom stereocenters. The maximum absolute atomic E-state index is 11.0. The predicted octanol–water partition coefficient (Wildman–Crippen LogP) is 3.35. The third-order valence-corrected chi connectivity index (χ3v) is 3.16. The molecule has 5 heteroatoms. The number of aromatic nitrogens is 1. The number of carbonyl (C=O) groups is 1. The molecular formula is C14H13ClN2O2. The van der Waals surface area contributed by atoms with Crippen molar-refractivity contribution in [3.05, 3.63) is 58.4 Å². The second-order valence-corrected chi connectivity index (χ2v) is 4.56. The van der Waals surface area contributed by atoms with E-state index in [1.807, 2.05) is 13.0 Å². The molecule has 2 rings (SSSR count). The summed E-state index contributed by atoms with van der Waals surface area (Å²) >= 11 is 5.81. The third kappa shape index (κ3) is 3.23. The smallest absolute Gasteiger partial charge is 0.337 e. The fraction of sp³-hybridized carbons (Fsp3) is 0.143. The number of hydrogen-bond acceptors (Lipinski definition) is 3. The first-order valence-corrected chi connectivity index (χ1v) is 6.12. The first-order valence-electron chi connectivity index (χ1n) is 5.74. The van der Waals surface area contributed by atoms with Gasteiger partial charge < -0.3 is 10.4 Å². The number of anilines is 1. The molecule has 0 aliphatic heterocycles. The molecule has 0 radical (unpaired) electrons. The lowest BCUT2D eigenvalue weighted by Gasteiger charge is -2.09. The second-order valence-electron chi connectivity index (χ2n) is 4.16. The predicted molar refractivity (Wildman–Crippen MR) is 74.7 cm³/mol. The zero-order chi connectivity index (χ0) is 13.8. The number of carboxylic acids is 1. The van der Waals surface area contributed by atoms with Crippen molar-refractivity contribution in [2.45, 2.75) is 13.5 Å². The van der Waals surface area contributed by atoms with Gasteiger partial charge in [-0.2, -0.15) is 0 Å².